The van der Waals surface area contributed by atoms with Crippen molar-refractivity contribution < 1.29 is 0 Å². The molecule has 0 saturated heterocycles. The standard InChI is InChI=1S/C10H10.C7H16/c1-3-9-5-7-10(4-2)8-6-9;1-3-5-7-6-4-2/h3-8H,1-2H2;3-7H2,1-2H3. The van der Waals surface area contributed by atoms with Gasteiger partial charge in [0.15, 0.2) is 0 Å². The first-order valence-corrected chi connectivity index (χ1v) is 6.63. The second kappa shape index (κ2) is 11.2. The minimum absolute atomic E-state index is 1.14. The largest absolute Gasteiger partial charge is 0.0985 e. The Morgan fingerprint density at radius 1 is 0.765 bits per heavy atom. The Hall–Kier alpha value is -1.30. The maximum Gasteiger partial charge on any atom is -0.0262 e. The lowest BCUT2D eigenvalue weighted by Gasteiger charge is -1.92. The van der Waals surface area contributed by atoms with Crippen molar-refractivity contribution in [2.75, 3.05) is 0 Å². The van der Waals surface area contributed by atoms with Crippen LogP contribution in [0, 0.1) is 0 Å². The molecule has 1 aromatic rings. The van der Waals surface area contributed by atoms with Gasteiger partial charge in [-0.1, -0.05) is 95.5 Å². The van der Waals surface area contributed by atoms with E-state index in [1.54, 1.807) is 0 Å². The normalized spacial score (nSPS) is 9.06. The van der Waals surface area contributed by atoms with Crippen LogP contribution in [0.1, 0.15) is 57.1 Å². The molecule has 0 aromatic heterocycles. The first-order valence-electron chi connectivity index (χ1n) is 6.63. The molecule has 0 aliphatic carbocycles. The van der Waals surface area contributed by atoms with E-state index in [9.17, 15) is 0 Å². The summed E-state index contributed by atoms with van der Waals surface area (Å²) >= 11 is 0. The van der Waals surface area contributed by atoms with E-state index in [1.807, 2.05) is 36.4 Å². The van der Waals surface area contributed by atoms with Gasteiger partial charge in [-0.15, -0.1) is 0 Å². The second-order valence-electron chi connectivity index (χ2n) is 4.14. The summed E-state index contributed by atoms with van der Waals surface area (Å²) in [7, 11) is 0. The molecule has 0 heterocycles. The predicted molar refractivity (Wildman–Crippen MR) is 81.1 cm³/mol. The summed E-state index contributed by atoms with van der Waals surface area (Å²) in [5.74, 6) is 0. The van der Waals surface area contributed by atoms with Crippen LogP contribution in [0.4, 0.5) is 0 Å². The van der Waals surface area contributed by atoms with E-state index in [0.717, 1.165) is 11.1 Å². The molecule has 0 bridgehead atoms. The van der Waals surface area contributed by atoms with E-state index in [4.69, 9.17) is 0 Å². The zero-order valence-electron chi connectivity index (χ0n) is 11.4. The average molecular weight is 230 g/mol. The van der Waals surface area contributed by atoms with Crippen LogP contribution in [-0.2, 0) is 0 Å². The molecule has 0 aliphatic rings. The molecule has 17 heavy (non-hydrogen) atoms. The number of hydrogen-bond donors (Lipinski definition) is 0. The summed E-state index contributed by atoms with van der Waals surface area (Å²) < 4.78 is 0. The number of unbranched alkanes of at least 4 members (excludes halogenated alkanes) is 4. The van der Waals surface area contributed by atoms with Crippen LogP contribution in [-0.4, -0.2) is 0 Å². The summed E-state index contributed by atoms with van der Waals surface area (Å²) in [5.41, 5.74) is 2.29. The van der Waals surface area contributed by atoms with Gasteiger partial charge >= 0.3 is 0 Å². The average Bonchev–Trinajstić information content (AvgIpc) is 2.40. The van der Waals surface area contributed by atoms with Crippen LogP contribution in [0.2, 0.25) is 0 Å². The molecule has 0 nitrogen and oxygen atoms in total. The van der Waals surface area contributed by atoms with Gasteiger partial charge in [-0.05, 0) is 11.1 Å². The van der Waals surface area contributed by atoms with Crippen molar-refractivity contribution in [3.8, 4) is 0 Å². The summed E-state index contributed by atoms with van der Waals surface area (Å²) in [5, 5.41) is 0. The van der Waals surface area contributed by atoms with Gasteiger partial charge in [-0.2, -0.15) is 0 Å². The molecular weight excluding hydrogens is 204 g/mol. The lowest BCUT2D eigenvalue weighted by atomic mass is 10.1. The highest BCUT2D eigenvalue weighted by Crippen LogP contribution is 2.05. The molecule has 0 saturated carbocycles. The molecule has 0 aliphatic heterocycles. The topological polar surface area (TPSA) is 0 Å². The zero-order valence-corrected chi connectivity index (χ0v) is 11.4. The van der Waals surface area contributed by atoms with E-state index in [-0.39, 0.29) is 0 Å². The van der Waals surface area contributed by atoms with E-state index in [2.05, 4.69) is 27.0 Å². The molecular formula is C17H26. The number of benzene rings is 1. The van der Waals surface area contributed by atoms with E-state index in [1.165, 1.54) is 32.1 Å². The third kappa shape index (κ3) is 8.50. The molecule has 0 fully saturated rings. The van der Waals surface area contributed by atoms with Crippen LogP contribution in [0.3, 0.4) is 0 Å². The Kier molecular flexibility index (Phi) is 10.3. The third-order valence-electron chi connectivity index (χ3n) is 2.61. The Balaban J connectivity index is 0.000000325. The van der Waals surface area contributed by atoms with Gasteiger partial charge in [0, 0.05) is 0 Å². The molecule has 1 rings (SSSR count). The smallest absolute Gasteiger partial charge is 0.0262 e. The quantitative estimate of drug-likeness (QED) is 0.530. The van der Waals surface area contributed by atoms with Crippen LogP contribution in [0.15, 0.2) is 37.4 Å². The van der Waals surface area contributed by atoms with Crippen molar-refractivity contribution in [1.29, 1.82) is 0 Å². The maximum atomic E-state index is 3.66. The fraction of sp³-hybridized carbons (Fsp3) is 0.412. The monoisotopic (exact) mass is 230 g/mol. The SMILES string of the molecule is C=Cc1ccc(C=C)cc1.CCCCCCC. The first kappa shape index (κ1) is 15.7. The highest BCUT2D eigenvalue weighted by molar-refractivity contribution is 5.53. The summed E-state index contributed by atoms with van der Waals surface area (Å²) in [6, 6.07) is 8.07. The summed E-state index contributed by atoms with van der Waals surface area (Å²) in [6.45, 7) is 11.8. The molecule has 94 valence electrons. The fourth-order valence-corrected chi connectivity index (χ4v) is 1.44. The first-order chi connectivity index (χ1) is 8.28. The summed E-state index contributed by atoms with van der Waals surface area (Å²) in [4.78, 5) is 0. The van der Waals surface area contributed by atoms with E-state index in [0.29, 0.717) is 0 Å². The van der Waals surface area contributed by atoms with Gasteiger partial charge in [0.1, 0.15) is 0 Å². The van der Waals surface area contributed by atoms with Gasteiger partial charge in [0.25, 0.3) is 0 Å². The molecule has 0 N–H and O–H groups in total. The number of hydrogen-bond acceptors (Lipinski definition) is 0. The van der Waals surface area contributed by atoms with Crippen molar-refractivity contribution in [1.82, 2.24) is 0 Å². The Bertz CT molecular complexity index is 261. The van der Waals surface area contributed by atoms with Crippen molar-refractivity contribution in [3.05, 3.63) is 48.6 Å². The molecule has 0 amide bonds. The van der Waals surface area contributed by atoms with Crippen LogP contribution >= 0.6 is 0 Å². The maximum absolute atomic E-state index is 3.66. The lowest BCUT2D eigenvalue weighted by Crippen LogP contribution is -1.71. The van der Waals surface area contributed by atoms with Gasteiger partial charge in [-0.3, -0.25) is 0 Å². The van der Waals surface area contributed by atoms with Crippen molar-refractivity contribution in [2.45, 2.75) is 46.0 Å². The Morgan fingerprint density at radius 3 is 1.35 bits per heavy atom. The van der Waals surface area contributed by atoms with E-state index >= 15 is 0 Å². The van der Waals surface area contributed by atoms with Crippen LogP contribution in [0.5, 0.6) is 0 Å². The van der Waals surface area contributed by atoms with Crippen molar-refractivity contribution in [3.63, 3.8) is 0 Å². The molecule has 0 atom stereocenters. The third-order valence-corrected chi connectivity index (χ3v) is 2.61. The van der Waals surface area contributed by atoms with Gasteiger partial charge in [0.05, 0.1) is 0 Å². The van der Waals surface area contributed by atoms with Crippen molar-refractivity contribution in [2.24, 2.45) is 0 Å². The molecule has 0 heteroatoms. The fourth-order valence-electron chi connectivity index (χ4n) is 1.44. The molecule has 0 unspecified atom stereocenters. The minimum atomic E-state index is 1.14. The summed E-state index contributed by atoms with van der Waals surface area (Å²) in [6.07, 6.45) is 10.7. The predicted octanol–water partition coefficient (Wildman–Crippen LogP) is 5.95. The van der Waals surface area contributed by atoms with Gasteiger partial charge in [0.2, 0.25) is 0 Å². The Labute approximate surface area is 107 Å². The van der Waals surface area contributed by atoms with Gasteiger partial charge in [-0.25, -0.2) is 0 Å². The molecule has 0 spiro atoms. The second-order valence-corrected chi connectivity index (χ2v) is 4.14. The number of rotatable bonds is 6. The highest BCUT2D eigenvalue weighted by atomic mass is 13.9. The molecule has 1 aromatic carbocycles. The van der Waals surface area contributed by atoms with Gasteiger partial charge < -0.3 is 0 Å². The zero-order chi connectivity index (χ0) is 12.9. The van der Waals surface area contributed by atoms with Crippen LogP contribution in [0.25, 0.3) is 12.2 Å². The van der Waals surface area contributed by atoms with Crippen molar-refractivity contribution >= 4 is 12.2 Å². The molecule has 0 radical (unpaired) electrons. The lowest BCUT2D eigenvalue weighted by molar-refractivity contribution is 0.656. The highest BCUT2D eigenvalue weighted by Gasteiger charge is 1.84. The Morgan fingerprint density at radius 2 is 1.12 bits per heavy atom. The minimum Gasteiger partial charge on any atom is -0.0985 e. The van der Waals surface area contributed by atoms with Crippen LogP contribution < -0.4 is 0 Å². The van der Waals surface area contributed by atoms with E-state index < -0.39 is 0 Å².